The first-order chi connectivity index (χ1) is 50.7. The molecule has 0 atom stereocenters. The molecular formula is C93H67Ir5N8O2-5. The first kappa shape index (κ1) is 81.6. The van der Waals surface area contributed by atoms with Gasteiger partial charge in [0, 0.05) is 130 Å². The molecule has 15 heteroatoms. The van der Waals surface area contributed by atoms with Crippen molar-refractivity contribution in [2.24, 2.45) is 0 Å². The maximum atomic E-state index is 10.0. The van der Waals surface area contributed by atoms with Crippen molar-refractivity contribution >= 4 is 87.9 Å². The largest absolute Gasteiger partial charge is 0.512 e. The predicted octanol–water partition coefficient (Wildman–Crippen LogP) is 22.3. The van der Waals surface area contributed by atoms with Gasteiger partial charge in [-0.25, -0.2) is 0 Å². The molecule has 6 aromatic heterocycles. The van der Waals surface area contributed by atoms with Crippen molar-refractivity contribution in [1.82, 2.24) is 38.5 Å². The number of imidazole rings is 3. The van der Waals surface area contributed by atoms with Crippen molar-refractivity contribution in [2.75, 3.05) is 0 Å². The molecule has 0 unspecified atom stereocenters. The Morgan fingerprint density at radius 2 is 0.769 bits per heavy atom. The standard InChI is InChI=1S/C19H11N2.2C19H13N2.C16H12N.C15H10N.C5H8O2.5Ir/c1-2-9-15-13(7-1)14-8-3-5-11-17(14)21-18-12-6-4-10-16(18)20-19(15)21;2*1-3-9-15(10-4-1)19-20-17-13-7-8-14-18(17)21(19)16-11-5-2-6-12-16;1-12-11-14-9-5-6-10-15(14)17-16(12)13-7-3-2-4-8-13;1-2-7-13(8-3-1)15-14-9-5-4-6-12(14)10-11-16-15;1-4(6)3-5(2)7;;;;;/h1-8,10-12H;2*1-9,11-14H;2-7,9-11H,1H3;1-7,9-11H;3,6H,1-2H3;;;;;/q5*-1;;;;;;. The predicted molar refractivity (Wildman–Crippen MR) is 421 cm³/mol. The molecular weight excluding hydrogens is 2220 g/mol. The molecule has 19 rings (SSSR count). The number of pyridine rings is 3. The quantitative estimate of drug-likeness (QED) is 0.0731. The average Bonchev–Trinajstić information content (AvgIpc) is 1.53. The van der Waals surface area contributed by atoms with Crippen molar-refractivity contribution in [3.05, 3.63) is 388 Å². The third-order valence-corrected chi connectivity index (χ3v) is 17.1. The Morgan fingerprint density at radius 1 is 0.361 bits per heavy atom. The first-order valence-electron chi connectivity index (χ1n) is 33.8. The van der Waals surface area contributed by atoms with Gasteiger partial charge in [-0.2, -0.15) is 0 Å². The number of aliphatic hydroxyl groups is 1. The third kappa shape index (κ3) is 18.9. The van der Waals surface area contributed by atoms with E-state index in [1.54, 1.807) is 0 Å². The van der Waals surface area contributed by atoms with Gasteiger partial charge in [-0.1, -0.05) is 150 Å². The maximum absolute atomic E-state index is 10.0. The van der Waals surface area contributed by atoms with Crippen LogP contribution >= 0.6 is 0 Å². The van der Waals surface area contributed by atoms with Gasteiger partial charge < -0.3 is 23.6 Å². The number of aromatic nitrogens is 8. The summed E-state index contributed by atoms with van der Waals surface area (Å²) in [6, 6.07) is 129. The smallest absolute Gasteiger partial charge is 0.155 e. The van der Waals surface area contributed by atoms with E-state index < -0.39 is 0 Å². The molecule has 19 aromatic rings. The minimum atomic E-state index is -0.125. The van der Waals surface area contributed by atoms with Crippen LogP contribution in [0.5, 0.6) is 0 Å². The van der Waals surface area contributed by atoms with Gasteiger partial charge in [-0.3, -0.25) is 24.7 Å². The Bertz CT molecular complexity index is 5980. The van der Waals surface area contributed by atoms with Gasteiger partial charge in [0.15, 0.2) is 5.78 Å². The van der Waals surface area contributed by atoms with Crippen LogP contribution in [0.3, 0.4) is 0 Å². The summed E-state index contributed by atoms with van der Waals surface area (Å²) in [4.78, 5) is 33.6. The topological polar surface area (TPSA) is 116 Å². The van der Waals surface area contributed by atoms with E-state index in [-0.39, 0.29) is 112 Å². The van der Waals surface area contributed by atoms with Crippen LogP contribution in [0.25, 0.3) is 139 Å². The number of aliphatic hydroxyl groups excluding tert-OH is 1. The molecule has 541 valence electrons. The van der Waals surface area contributed by atoms with Gasteiger partial charge in [0.1, 0.15) is 0 Å². The van der Waals surface area contributed by atoms with E-state index in [1.807, 2.05) is 231 Å². The molecule has 10 nitrogen and oxygen atoms in total. The summed E-state index contributed by atoms with van der Waals surface area (Å²) in [5, 5.41) is 15.5. The van der Waals surface area contributed by atoms with E-state index in [0.29, 0.717) is 0 Å². The van der Waals surface area contributed by atoms with E-state index in [4.69, 9.17) is 25.0 Å². The van der Waals surface area contributed by atoms with E-state index in [1.165, 1.54) is 57.9 Å². The Balaban J connectivity index is 0.000000151. The van der Waals surface area contributed by atoms with Crippen LogP contribution in [0.1, 0.15) is 19.4 Å². The molecule has 0 spiro atoms. The number of ketones is 1. The second-order valence-electron chi connectivity index (χ2n) is 24.2. The Morgan fingerprint density at radius 3 is 1.27 bits per heavy atom. The summed E-state index contributed by atoms with van der Waals surface area (Å²) < 4.78 is 6.60. The van der Waals surface area contributed by atoms with Crippen LogP contribution in [0.2, 0.25) is 0 Å². The molecule has 0 saturated heterocycles. The summed E-state index contributed by atoms with van der Waals surface area (Å²) in [5.41, 5.74) is 19.1. The zero-order chi connectivity index (χ0) is 70.3. The van der Waals surface area contributed by atoms with Gasteiger partial charge in [0.2, 0.25) is 0 Å². The number of carbonyl (C=O) groups is 1. The van der Waals surface area contributed by atoms with E-state index in [9.17, 15) is 4.79 Å². The summed E-state index contributed by atoms with van der Waals surface area (Å²) in [6.45, 7) is 4.94. The molecule has 0 aliphatic heterocycles. The first-order valence-corrected chi connectivity index (χ1v) is 33.8. The van der Waals surface area contributed by atoms with Crippen molar-refractivity contribution < 1.29 is 110 Å². The second-order valence-corrected chi connectivity index (χ2v) is 24.2. The van der Waals surface area contributed by atoms with E-state index in [0.717, 1.165) is 106 Å². The van der Waals surface area contributed by atoms with Crippen molar-refractivity contribution in [1.29, 1.82) is 0 Å². The Labute approximate surface area is 695 Å². The van der Waals surface area contributed by atoms with Gasteiger partial charge in [0.05, 0.1) is 61.7 Å². The minimum absolute atomic E-state index is 0. The van der Waals surface area contributed by atoms with E-state index in [2.05, 4.69) is 165 Å². The molecule has 5 radical (unpaired) electrons. The molecule has 6 heterocycles. The molecule has 0 saturated carbocycles. The summed E-state index contributed by atoms with van der Waals surface area (Å²) >= 11 is 0. The molecule has 13 aromatic carbocycles. The zero-order valence-corrected chi connectivity index (χ0v) is 70.5. The summed E-state index contributed by atoms with van der Waals surface area (Å²) in [5.74, 6) is 1.78. The molecule has 108 heavy (non-hydrogen) atoms. The number of rotatable bonds is 7. The molecule has 0 fully saturated rings. The number of aryl methyl sites for hydroxylation is 1. The molecule has 0 aliphatic carbocycles. The number of hydrogen-bond donors (Lipinski definition) is 1. The van der Waals surface area contributed by atoms with Crippen molar-refractivity contribution in [2.45, 2.75) is 20.8 Å². The number of benzene rings is 13. The minimum Gasteiger partial charge on any atom is -0.512 e. The van der Waals surface area contributed by atoms with Crippen LogP contribution in [0.4, 0.5) is 0 Å². The Kier molecular flexibility index (Phi) is 29.8. The monoisotopic (exact) mass is 2290 g/mol. The number of hydrogen-bond acceptors (Lipinski definition) is 7. The summed E-state index contributed by atoms with van der Waals surface area (Å²) in [7, 11) is 0. The number of fused-ring (bicyclic) bond motifs is 12. The second kappa shape index (κ2) is 39.4. The average molecular weight is 2290 g/mol. The van der Waals surface area contributed by atoms with Crippen molar-refractivity contribution in [3.8, 4) is 56.7 Å². The fourth-order valence-electron chi connectivity index (χ4n) is 12.5. The molecule has 0 bridgehead atoms. The van der Waals surface area contributed by atoms with Crippen LogP contribution in [0, 0.1) is 37.3 Å². The number of carbonyl (C=O) groups excluding carboxylic acids is 1. The number of para-hydroxylation sites is 10. The van der Waals surface area contributed by atoms with Crippen LogP contribution in [-0.4, -0.2) is 49.3 Å². The van der Waals surface area contributed by atoms with Gasteiger partial charge >= 0.3 is 0 Å². The third-order valence-electron chi connectivity index (χ3n) is 17.1. The molecule has 0 amide bonds. The van der Waals surface area contributed by atoms with E-state index >= 15 is 0 Å². The normalized spacial score (nSPS) is 10.5. The zero-order valence-electron chi connectivity index (χ0n) is 58.5. The van der Waals surface area contributed by atoms with Gasteiger partial charge in [0.25, 0.3) is 0 Å². The van der Waals surface area contributed by atoms with Gasteiger partial charge in [-0.05, 0) is 133 Å². The van der Waals surface area contributed by atoms with Gasteiger partial charge in [-0.15, -0.1) is 173 Å². The number of nitrogens with zero attached hydrogens (tertiary/aromatic N) is 8. The van der Waals surface area contributed by atoms with Crippen molar-refractivity contribution in [3.63, 3.8) is 0 Å². The Hall–Kier alpha value is -10.5. The van der Waals surface area contributed by atoms with Crippen LogP contribution in [-0.2, 0) is 105 Å². The summed E-state index contributed by atoms with van der Waals surface area (Å²) in [6.07, 6.45) is 3.01. The maximum Gasteiger partial charge on any atom is 0.155 e. The number of allylic oxidation sites excluding steroid dienone is 2. The SMILES string of the molecule is CC(=O)C=C(C)O.Cc1cc2ccccc2nc1-c1[c-]cccc1.[Ir].[Ir].[Ir].[Ir].[Ir].[c-]1cccc2c1c1nc3ccccc3n1c1ccccc21.[c-]1ccccc1-c1nc2ccccc2n1-c1ccccc1.[c-]1ccccc1-c1nc2ccccc2n1-c1ccccc1.[c-]1ccccc1-c1nccc2ccccc12. The molecule has 1 N–H and O–H groups in total. The fourth-order valence-corrected chi connectivity index (χ4v) is 12.5. The van der Waals surface area contributed by atoms with Crippen LogP contribution < -0.4 is 0 Å². The van der Waals surface area contributed by atoms with Crippen LogP contribution in [0.15, 0.2) is 352 Å². The fraction of sp³-hybridized carbons (Fsp3) is 0.0323. The molecule has 0 aliphatic rings.